The van der Waals surface area contributed by atoms with E-state index < -0.39 is 0 Å². The monoisotopic (exact) mass is 318 g/mol. The number of piperidine rings is 1. The van der Waals surface area contributed by atoms with Crippen molar-refractivity contribution < 1.29 is 14.3 Å². The number of amides is 2. The van der Waals surface area contributed by atoms with E-state index in [4.69, 9.17) is 4.74 Å². The summed E-state index contributed by atoms with van der Waals surface area (Å²) in [5.74, 6) is 0.844. The van der Waals surface area contributed by atoms with Crippen LogP contribution in [-0.4, -0.2) is 43.0 Å². The highest BCUT2D eigenvalue weighted by Gasteiger charge is 2.26. The standard InChI is InChI=1S/C18H26N2O3/c1-13-6-4-7-14(2)17(13)23-11-9-19-18(22)16-8-5-10-20(12-16)15(3)21/h4,6-7,16H,5,8-12H2,1-3H3,(H,19,22)/t16-/m1/s1. The number of benzene rings is 1. The Bertz CT molecular complexity index is 551. The number of nitrogens with one attached hydrogen (secondary N) is 1. The zero-order valence-electron chi connectivity index (χ0n) is 14.2. The molecule has 0 bridgehead atoms. The minimum Gasteiger partial charge on any atom is -0.491 e. The summed E-state index contributed by atoms with van der Waals surface area (Å²) in [7, 11) is 0. The smallest absolute Gasteiger partial charge is 0.225 e. The maximum absolute atomic E-state index is 12.2. The van der Waals surface area contributed by atoms with Gasteiger partial charge < -0.3 is 15.0 Å². The molecule has 1 saturated heterocycles. The van der Waals surface area contributed by atoms with E-state index in [9.17, 15) is 9.59 Å². The molecule has 1 aliphatic heterocycles. The van der Waals surface area contributed by atoms with Gasteiger partial charge in [0.2, 0.25) is 11.8 Å². The number of aryl methyl sites for hydroxylation is 2. The molecule has 2 amide bonds. The number of nitrogens with zero attached hydrogens (tertiary/aromatic N) is 1. The van der Waals surface area contributed by atoms with Crippen LogP contribution < -0.4 is 10.1 Å². The molecule has 1 aromatic rings. The fourth-order valence-corrected chi connectivity index (χ4v) is 2.98. The van der Waals surface area contributed by atoms with Gasteiger partial charge in [0.1, 0.15) is 12.4 Å². The number of para-hydroxylation sites is 1. The van der Waals surface area contributed by atoms with Crippen molar-refractivity contribution in [3.8, 4) is 5.75 Å². The quantitative estimate of drug-likeness (QED) is 0.846. The molecule has 1 N–H and O–H groups in total. The van der Waals surface area contributed by atoms with E-state index in [1.807, 2.05) is 32.0 Å². The molecule has 1 heterocycles. The summed E-state index contributed by atoms with van der Waals surface area (Å²) in [5.41, 5.74) is 2.20. The SMILES string of the molecule is CC(=O)N1CCC[C@@H](C(=O)NCCOc2c(C)cccc2C)C1. The number of rotatable bonds is 5. The lowest BCUT2D eigenvalue weighted by atomic mass is 9.97. The predicted octanol–water partition coefficient (Wildman–Crippen LogP) is 2.06. The van der Waals surface area contributed by atoms with Gasteiger partial charge in [-0.15, -0.1) is 0 Å². The third-order valence-electron chi connectivity index (χ3n) is 4.29. The van der Waals surface area contributed by atoms with E-state index in [1.165, 1.54) is 0 Å². The molecule has 1 aliphatic rings. The Morgan fingerprint density at radius 2 is 2.00 bits per heavy atom. The van der Waals surface area contributed by atoms with Crippen LogP contribution in [0.3, 0.4) is 0 Å². The van der Waals surface area contributed by atoms with Gasteiger partial charge in [-0.05, 0) is 37.8 Å². The van der Waals surface area contributed by atoms with Crippen molar-refractivity contribution in [1.29, 1.82) is 0 Å². The first-order chi connectivity index (χ1) is 11.0. The highest BCUT2D eigenvalue weighted by Crippen LogP contribution is 2.22. The van der Waals surface area contributed by atoms with Crippen molar-refractivity contribution in [2.45, 2.75) is 33.6 Å². The Balaban J connectivity index is 1.76. The number of ether oxygens (including phenoxy) is 1. The highest BCUT2D eigenvalue weighted by molar-refractivity contribution is 5.80. The van der Waals surface area contributed by atoms with Crippen molar-refractivity contribution in [1.82, 2.24) is 10.2 Å². The third-order valence-corrected chi connectivity index (χ3v) is 4.29. The van der Waals surface area contributed by atoms with Crippen molar-refractivity contribution in [3.05, 3.63) is 29.3 Å². The summed E-state index contributed by atoms with van der Waals surface area (Å²) in [6.45, 7) is 7.79. The Kier molecular flexibility index (Phi) is 6.02. The van der Waals surface area contributed by atoms with Crippen LogP contribution in [-0.2, 0) is 9.59 Å². The van der Waals surface area contributed by atoms with Crippen LogP contribution >= 0.6 is 0 Å². The second-order valence-corrected chi connectivity index (χ2v) is 6.16. The molecule has 0 spiro atoms. The second kappa shape index (κ2) is 7.99. The van der Waals surface area contributed by atoms with Gasteiger partial charge in [0.05, 0.1) is 12.5 Å². The highest BCUT2D eigenvalue weighted by atomic mass is 16.5. The molecule has 2 rings (SSSR count). The van der Waals surface area contributed by atoms with Gasteiger partial charge in [0.25, 0.3) is 0 Å². The molecule has 0 unspecified atom stereocenters. The average molecular weight is 318 g/mol. The zero-order chi connectivity index (χ0) is 16.8. The molecule has 23 heavy (non-hydrogen) atoms. The Labute approximate surface area is 138 Å². The molecule has 1 fully saturated rings. The van der Waals surface area contributed by atoms with Gasteiger partial charge in [-0.2, -0.15) is 0 Å². The van der Waals surface area contributed by atoms with Crippen molar-refractivity contribution in [2.24, 2.45) is 5.92 Å². The van der Waals surface area contributed by atoms with Gasteiger partial charge >= 0.3 is 0 Å². The lowest BCUT2D eigenvalue weighted by molar-refractivity contribution is -0.134. The van der Waals surface area contributed by atoms with Gasteiger partial charge in [-0.25, -0.2) is 0 Å². The normalized spacial score (nSPS) is 17.7. The molecule has 5 heteroatoms. The van der Waals surface area contributed by atoms with Crippen LogP contribution in [0.15, 0.2) is 18.2 Å². The molecule has 5 nitrogen and oxygen atoms in total. The van der Waals surface area contributed by atoms with Gasteiger partial charge in [0, 0.05) is 20.0 Å². The van der Waals surface area contributed by atoms with Crippen LogP contribution in [0, 0.1) is 19.8 Å². The van der Waals surface area contributed by atoms with E-state index in [-0.39, 0.29) is 17.7 Å². The van der Waals surface area contributed by atoms with Crippen LogP contribution in [0.2, 0.25) is 0 Å². The van der Waals surface area contributed by atoms with E-state index in [1.54, 1.807) is 11.8 Å². The third kappa shape index (κ3) is 4.71. The fraction of sp³-hybridized carbons (Fsp3) is 0.556. The first kappa shape index (κ1) is 17.3. The van der Waals surface area contributed by atoms with Crippen LogP contribution in [0.25, 0.3) is 0 Å². The lowest BCUT2D eigenvalue weighted by Gasteiger charge is -2.31. The van der Waals surface area contributed by atoms with Crippen molar-refractivity contribution in [3.63, 3.8) is 0 Å². The molecule has 126 valence electrons. The van der Waals surface area contributed by atoms with E-state index >= 15 is 0 Å². The summed E-state index contributed by atoms with van der Waals surface area (Å²) in [6.07, 6.45) is 1.73. The number of likely N-dealkylation sites (tertiary alicyclic amines) is 1. The zero-order valence-corrected chi connectivity index (χ0v) is 14.2. The van der Waals surface area contributed by atoms with E-state index in [0.29, 0.717) is 19.7 Å². The molecular weight excluding hydrogens is 292 g/mol. The lowest BCUT2D eigenvalue weighted by Crippen LogP contribution is -2.45. The first-order valence-electron chi connectivity index (χ1n) is 8.21. The topological polar surface area (TPSA) is 58.6 Å². The fourth-order valence-electron chi connectivity index (χ4n) is 2.98. The molecule has 0 saturated carbocycles. The average Bonchev–Trinajstić information content (AvgIpc) is 2.53. The minimum absolute atomic E-state index is 0.0149. The summed E-state index contributed by atoms with van der Waals surface area (Å²) in [5, 5.41) is 2.92. The Hall–Kier alpha value is -2.04. The molecule has 0 radical (unpaired) electrons. The minimum atomic E-state index is -0.104. The summed E-state index contributed by atoms with van der Waals surface area (Å²) >= 11 is 0. The largest absolute Gasteiger partial charge is 0.491 e. The number of hydrogen-bond acceptors (Lipinski definition) is 3. The summed E-state index contributed by atoms with van der Waals surface area (Å²) in [6, 6.07) is 6.03. The first-order valence-corrected chi connectivity index (χ1v) is 8.21. The predicted molar refractivity (Wildman–Crippen MR) is 89.4 cm³/mol. The summed E-state index contributed by atoms with van der Waals surface area (Å²) < 4.78 is 5.79. The Morgan fingerprint density at radius 1 is 1.30 bits per heavy atom. The van der Waals surface area contributed by atoms with Crippen LogP contribution in [0.4, 0.5) is 0 Å². The second-order valence-electron chi connectivity index (χ2n) is 6.16. The van der Waals surface area contributed by atoms with Crippen LogP contribution in [0.1, 0.15) is 30.9 Å². The maximum Gasteiger partial charge on any atom is 0.225 e. The van der Waals surface area contributed by atoms with Gasteiger partial charge in [-0.3, -0.25) is 9.59 Å². The van der Waals surface area contributed by atoms with Gasteiger partial charge in [-0.1, -0.05) is 18.2 Å². The molecule has 1 aromatic carbocycles. The summed E-state index contributed by atoms with van der Waals surface area (Å²) in [4.78, 5) is 25.4. The molecule has 0 aliphatic carbocycles. The maximum atomic E-state index is 12.2. The number of carbonyl (C=O) groups excluding carboxylic acids is 2. The molecular formula is C18H26N2O3. The molecule has 0 aromatic heterocycles. The number of carbonyl (C=O) groups is 2. The van der Waals surface area contributed by atoms with E-state index in [2.05, 4.69) is 5.32 Å². The molecule has 1 atom stereocenters. The van der Waals surface area contributed by atoms with Gasteiger partial charge in [0.15, 0.2) is 0 Å². The van der Waals surface area contributed by atoms with E-state index in [0.717, 1.165) is 36.3 Å². The van der Waals surface area contributed by atoms with Crippen molar-refractivity contribution in [2.75, 3.05) is 26.2 Å². The number of hydrogen-bond donors (Lipinski definition) is 1. The van der Waals surface area contributed by atoms with Crippen molar-refractivity contribution >= 4 is 11.8 Å². The van der Waals surface area contributed by atoms with Crippen LogP contribution in [0.5, 0.6) is 5.75 Å². The Morgan fingerprint density at radius 3 is 2.65 bits per heavy atom.